The first-order valence-corrected chi connectivity index (χ1v) is 4.53. The van der Waals surface area contributed by atoms with Gasteiger partial charge in [0.05, 0.1) is 12.2 Å². The summed E-state index contributed by atoms with van der Waals surface area (Å²) in [4.78, 5) is 10.8. The maximum absolute atomic E-state index is 13.2. The van der Waals surface area contributed by atoms with Gasteiger partial charge < -0.3 is 4.74 Å². The topological polar surface area (TPSA) is 26.3 Å². The largest absolute Gasteiger partial charge is 0.488 e. The van der Waals surface area contributed by atoms with E-state index in [2.05, 4.69) is 4.74 Å². The van der Waals surface area contributed by atoms with Crippen LogP contribution in [0.1, 0.15) is 17.3 Å². The van der Waals surface area contributed by atoms with Gasteiger partial charge in [-0.05, 0) is 6.92 Å². The summed E-state index contributed by atoms with van der Waals surface area (Å²) >= 11 is 0. The van der Waals surface area contributed by atoms with Gasteiger partial charge >= 0.3 is 0 Å². The van der Waals surface area contributed by atoms with Crippen molar-refractivity contribution in [1.29, 1.82) is 0 Å². The zero-order valence-corrected chi connectivity index (χ0v) is 8.62. The van der Waals surface area contributed by atoms with Gasteiger partial charge in [-0.2, -0.15) is 8.78 Å². The average molecular weight is 254 g/mol. The molecule has 0 aliphatic heterocycles. The number of hydrogen-bond donors (Lipinski definition) is 0. The van der Waals surface area contributed by atoms with Crippen LogP contribution in [0.2, 0.25) is 0 Å². The summed E-state index contributed by atoms with van der Waals surface area (Å²) in [5.41, 5.74) is -1.58. The van der Waals surface area contributed by atoms with E-state index in [0.29, 0.717) is 0 Å². The monoisotopic (exact) mass is 254 g/mol. The van der Waals surface area contributed by atoms with Crippen molar-refractivity contribution in [1.82, 2.24) is 0 Å². The molecule has 0 amide bonds. The highest BCUT2D eigenvalue weighted by atomic mass is 19.2. The van der Waals surface area contributed by atoms with Crippen LogP contribution < -0.4 is 4.74 Å². The summed E-state index contributed by atoms with van der Waals surface area (Å²) in [6.07, 6.45) is 0. The lowest BCUT2D eigenvalue weighted by Crippen LogP contribution is -2.13. The molecule has 1 rings (SSSR count). The minimum absolute atomic E-state index is 0.233. The molecule has 0 fully saturated rings. The molecule has 2 nitrogen and oxygen atoms in total. The molecule has 94 valence electrons. The third kappa shape index (κ3) is 2.22. The third-order valence-corrected chi connectivity index (χ3v) is 1.91. The molecular weight excluding hydrogens is 247 g/mol. The number of rotatable bonds is 4. The van der Waals surface area contributed by atoms with Crippen LogP contribution in [-0.2, 0) is 0 Å². The normalized spacial score (nSPS) is 10.5. The van der Waals surface area contributed by atoms with Crippen LogP contribution in [-0.4, -0.2) is 19.1 Å². The van der Waals surface area contributed by atoms with Crippen molar-refractivity contribution in [2.45, 2.75) is 6.92 Å². The number of Topliss-reactive ketones (excluding diaryl/α,β-unsaturated/α-hetero) is 1. The molecule has 0 aliphatic rings. The number of hydrogen-bond acceptors (Lipinski definition) is 2. The van der Waals surface area contributed by atoms with E-state index in [1.807, 2.05) is 0 Å². The quantitative estimate of drug-likeness (QED) is 0.469. The number of carbonyl (C=O) groups is 1. The van der Waals surface area contributed by atoms with Gasteiger partial charge in [-0.1, -0.05) is 0 Å². The summed E-state index contributed by atoms with van der Waals surface area (Å²) in [5, 5.41) is 0. The van der Waals surface area contributed by atoms with Gasteiger partial charge in [0, 0.05) is 0 Å². The first-order valence-electron chi connectivity index (χ1n) is 4.53. The van der Waals surface area contributed by atoms with Gasteiger partial charge in [0.2, 0.25) is 11.6 Å². The maximum atomic E-state index is 13.2. The van der Waals surface area contributed by atoms with Gasteiger partial charge in [0.25, 0.3) is 0 Å². The van der Waals surface area contributed by atoms with E-state index in [-0.39, 0.29) is 6.61 Å². The van der Waals surface area contributed by atoms with Crippen LogP contribution >= 0.6 is 0 Å². The van der Waals surface area contributed by atoms with Gasteiger partial charge in [0.1, 0.15) is 0 Å². The minimum atomic E-state index is -1.96. The van der Waals surface area contributed by atoms with Gasteiger partial charge in [-0.3, -0.25) is 4.79 Å². The number of benzene rings is 1. The second-order valence-corrected chi connectivity index (χ2v) is 2.95. The Morgan fingerprint density at radius 3 is 1.88 bits per heavy atom. The van der Waals surface area contributed by atoms with E-state index >= 15 is 0 Å². The van der Waals surface area contributed by atoms with Crippen molar-refractivity contribution in [3.8, 4) is 5.75 Å². The lowest BCUT2D eigenvalue weighted by molar-refractivity contribution is 0.0947. The van der Waals surface area contributed by atoms with Gasteiger partial charge in [-0.15, -0.1) is 0 Å². The van der Waals surface area contributed by atoms with Crippen LogP contribution in [0.3, 0.4) is 0 Å². The van der Waals surface area contributed by atoms with Crippen molar-refractivity contribution in [2.24, 2.45) is 0 Å². The summed E-state index contributed by atoms with van der Waals surface area (Å²) in [6, 6.07) is 0. The van der Waals surface area contributed by atoms with Crippen molar-refractivity contribution in [2.75, 3.05) is 13.3 Å². The molecule has 1 aromatic carbocycles. The molecule has 0 saturated heterocycles. The van der Waals surface area contributed by atoms with E-state index in [9.17, 15) is 26.7 Å². The highest BCUT2D eigenvalue weighted by Crippen LogP contribution is 2.30. The molecule has 1 aromatic rings. The zero-order chi connectivity index (χ0) is 13.2. The summed E-state index contributed by atoms with van der Waals surface area (Å²) in [7, 11) is 0. The smallest absolute Gasteiger partial charge is 0.204 e. The van der Waals surface area contributed by atoms with Gasteiger partial charge in [-0.25, -0.2) is 13.2 Å². The highest BCUT2D eigenvalue weighted by Gasteiger charge is 2.29. The number of halogens is 5. The predicted octanol–water partition coefficient (Wildman–Crippen LogP) is 2.79. The Hall–Kier alpha value is -1.66. The Morgan fingerprint density at radius 1 is 1.06 bits per heavy atom. The maximum Gasteiger partial charge on any atom is 0.204 e. The fourth-order valence-corrected chi connectivity index (χ4v) is 1.19. The van der Waals surface area contributed by atoms with E-state index in [4.69, 9.17) is 0 Å². The first-order chi connectivity index (χ1) is 7.95. The molecular formula is C10H7F5O2. The van der Waals surface area contributed by atoms with Gasteiger partial charge in [0.15, 0.2) is 29.8 Å². The Bertz CT molecular complexity index is 429. The highest BCUT2D eigenvalue weighted by molar-refractivity contribution is 5.97. The van der Waals surface area contributed by atoms with Crippen molar-refractivity contribution in [3.63, 3.8) is 0 Å². The standard InChI is InChI=1S/C10H7F5O2/c1-2-17-10-8(14)6(12)5(4(16)3-11)7(13)9(10)15/h2-3H2,1H3. The fraction of sp³-hybridized carbons (Fsp3) is 0.300. The molecule has 0 radical (unpaired) electrons. The van der Waals surface area contributed by atoms with Crippen LogP contribution in [0.4, 0.5) is 22.0 Å². The Balaban J connectivity index is 3.52. The lowest BCUT2D eigenvalue weighted by Gasteiger charge is -2.10. The van der Waals surface area contributed by atoms with Crippen LogP contribution in [0.25, 0.3) is 0 Å². The molecule has 0 unspecified atom stereocenters. The van der Waals surface area contributed by atoms with E-state index < -0.39 is 47.0 Å². The van der Waals surface area contributed by atoms with Crippen LogP contribution in [0.15, 0.2) is 0 Å². The lowest BCUT2D eigenvalue weighted by atomic mass is 10.1. The molecule has 0 saturated carbocycles. The van der Waals surface area contributed by atoms with Crippen molar-refractivity contribution in [3.05, 3.63) is 28.8 Å². The second-order valence-electron chi connectivity index (χ2n) is 2.95. The fourth-order valence-electron chi connectivity index (χ4n) is 1.19. The molecule has 0 bridgehead atoms. The molecule has 17 heavy (non-hydrogen) atoms. The Kier molecular flexibility index (Phi) is 4.03. The molecule has 0 aliphatic carbocycles. The molecule has 0 aromatic heterocycles. The molecule has 7 heteroatoms. The van der Waals surface area contributed by atoms with E-state index in [1.165, 1.54) is 6.92 Å². The van der Waals surface area contributed by atoms with Crippen LogP contribution in [0.5, 0.6) is 5.75 Å². The first kappa shape index (κ1) is 13.4. The number of carbonyl (C=O) groups excluding carboxylic acids is 1. The Morgan fingerprint density at radius 2 is 1.53 bits per heavy atom. The molecule has 0 atom stereocenters. The van der Waals surface area contributed by atoms with Crippen molar-refractivity contribution >= 4 is 5.78 Å². The summed E-state index contributed by atoms with van der Waals surface area (Å²) < 4.78 is 69.2. The number of ketones is 1. The molecule has 0 spiro atoms. The molecule has 0 heterocycles. The third-order valence-electron chi connectivity index (χ3n) is 1.91. The zero-order valence-electron chi connectivity index (χ0n) is 8.62. The minimum Gasteiger partial charge on any atom is -0.488 e. The Labute approximate surface area is 93.0 Å². The number of ether oxygens (including phenoxy) is 1. The summed E-state index contributed by atoms with van der Waals surface area (Å²) in [5.74, 6) is -10.6. The molecule has 0 N–H and O–H groups in total. The van der Waals surface area contributed by atoms with E-state index in [1.54, 1.807) is 0 Å². The average Bonchev–Trinajstić information content (AvgIpc) is 2.32. The second kappa shape index (κ2) is 5.11. The van der Waals surface area contributed by atoms with E-state index in [0.717, 1.165) is 0 Å². The predicted molar refractivity (Wildman–Crippen MR) is 47.7 cm³/mol. The van der Waals surface area contributed by atoms with Crippen LogP contribution in [0, 0.1) is 23.3 Å². The van der Waals surface area contributed by atoms with Crippen molar-refractivity contribution < 1.29 is 31.5 Å². The number of alkyl halides is 1. The SMILES string of the molecule is CCOc1c(F)c(F)c(C(=O)CF)c(F)c1F. The summed E-state index contributed by atoms with van der Waals surface area (Å²) in [6.45, 7) is -0.654.